The summed E-state index contributed by atoms with van der Waals surface area (Å²) in [5.74, 6) is 0. The van der Waals surface area contributed by atoms with E-state index >= 15 is 0 Å². The third kappa shape index (κ3) is 1.98. The van der Waals surface area contributed by atoms with E-state index in [1.165, 1.54) is 0 Å². The quantitative estimate of drug-likeness (QED) is 0.325. The number of nitrogens with zero attached hydrogens (tertiary/aromatic N) is 1. The fourth-order valence-corrected chi connectivity index (χ4v) is 1.10. The van der Waals surface area contributed by atoms with Crippen molar-refractivity contribution in [3.8, 4) is 0 Å². The smallest absolute Gasteiger partial charge is 0.0997 e. The predicted molar refractivity (Wildman–Crippen MR) is 49.9 cm³/mol. The van der Waals surface area contributed by atoms with Crippen LogP contribution >= 0.6 is 11.6 Å². The van der Waals surface area contributed by atoms with Crippen molar-refractivity contribution in [2.45, 2.75) is 12.3 Å². The van der Waals surface area contributed by atoms with Gasteiger partial charge in [-0.3, -0.25) is 0 Å². The number of hydrogen-bond donors (Lipinski definition) is 1. The maximum absolute atomic E-state index is 8.47. The first-order chi connectivity index (χ1) is 5.75. The van der Waals surface area contributed by atoms with Crippen LogP contribution in [0.5, 0.6) is 0 Å². The maximum Gasteiger partial charge on any atom is 0.0997 e. The molecule has 0 spiro atoms. The van der Waals surface area contributed by atoms with E-state index < -0.39 is 0 Å². The first kappa shape index (κ1) is 9.07. The van der Waals surface area contributed by atoms with Gasteiger partial charge in [0.15, 0.2) is 0 Å². The number of oxime groups is 1. The molecule has 1 unspecified atom stereocenters. The van der Waals surface area contributed by atoms with E-state index in [4.69, 9.17) is 16.8 Å². The van der Waals surface area contributed by atoms with Crippen molar-refractivity contribution in [3.63, 3.8) is 0 Å². The first-order valence-electron chi connectivity index (χ1n) is 3.63. The molecular weight excluding hydrogens is 174 g/mol. The van der Waals surface area contributed by atoms with Crippen LogP contribution in [0, 0.1) is 0 Å². The molecule has 1 atom stereocenters. The minimum Gasteiger partial charge on any atom is -0.411 e. The molecule has 1 aromatic rings. The average Bonchev–Trinajstić information content (AvgIpc) is 2.17. The van der Waals surface area contributed by atoms with Crippen LogP contribution in [-0.2, 0) is 0 Å². The average molecular weight is 184 g/mol. The van der Waals surface area contributed by atoms with Crippen LogP contribution in [0.25, 0.3) is 0 Å². The largest absolute Gasteiger partial charge is 0.411 e. The lowest BCUT2D eigenvalue weighted by Crippen LogP contribution is -2.01. The fourth-order valence-electron chi connectivity index (χ4n) is 0.914. The third-order valence-electron chi connectivity index (χ3n) is 1.62. The van der Waals surface area contributed by atoms with Gasteiger partial charge in [-0.05, 0) is 12.5 Å². The Kier molecular flexibility index (Phi) is 3.11. The Morgan fingerprint density at radius 2 is 2.00 bits per heavy atom. The van der Waals surface area contributed by atoms with Gasteiger partial charge in [0.1, 0.15) is 0 Å². The minimum absolute atomic E-state index is 0.337. The SMILES string of the molecule is CC(=NO)C(Cl)c1ccccc1. The van der Waals surface area contributed by atoms with Crippen LogP contribution in [0.4, 0.5) is 0 Å². The molecule has 0 aliphatic heterocycles. The van der Waals surface area contributed by atoms with E-state index in [0.29, 0.717) is 5.71 Å². The molecule has 12 heavy (non-hydrogen) atoms. The summed E-state index contributed by atoms with van der Waals surface area (Å²) in [6.07, 6.45) is 0. The van der Waals surface area contributed by atoms with Gasteiger partial charge in [0.2, 0.25) is 0 Å². The highest BCUT2D eigenvalue weighted by Gasteiger charge is 2.10. The summed E-state index contributed by atoms with van der Waals surface area (Å²) in [6.45, 7) is 1.69. The van der Waals surface area contributed by atoms with Gasteiger partial charge in [-0.1, -0.05) is 35.5 Å². The van der Waals surface area contributed by atoms with Gasteiger partial charge in [0.05, 0.1) is 11.1 Å². The van der Waals surface area contributed by atoms with Crippen molar-refractivity contribution in [1.29, 1.82) is 0 Å². The molecule has 1 rings (SSSR count). The molecule has 64 valence electrons. The molecule has 0 saturated carbocycles. The molecule has 0 radical (unpaired) electrons. The van der Waals surface area contributed by atoms with Crippen molar-refractivity contribution in [1.82, 2.24) is 0 Å². The van der Waals surface area contributed by atoms with Crippen LogP contribution in [0.2, 0.25) is 0 Å². The molecule has 0 aromatic heterocycles. The summed E-state index contributed by atoms with van der Waals surface area (Å²) < 4.78 is 0. The van der Waals surface area contributed by atoms with Gasteiger partial charge in [-0.2, -0.15) is 0 Å². The molecule has 0 aliphatic carbocycles. The van der Waals surface area contributed by atoms with E-state index in [2.05, 4.69) is 5.16 Å². The summed E-state index contributed by atoms with van der Waals surface area (Å²) in [7, 11) is 0. The number of rotatable bonds is 2. The monoisotopic (exact) mass is 183 g/mol. The van der Waals surface area contributed by atoms with Gasteiger partial charge < -0.3 is 5.21 Å². The summed E-state index contributed by atoms with van der Waals surface area (Å²) >= 11 is 5.97. The Morgan fingerprint density at radius 1 is 1.42 bits per heavy atom. The van der Waals surface area contributed by atoms with Crippen molar-refractivity contribution in [3.05, 3.63) is 35.9 Å². The zero-order valence-corrected chi connectivity index (χ0v) is 7.49. The second kappa shape index (κ2) is 4.12. The lowest BCUT2D eigenvalue weighted by Gasteiger charge is -2.06. The second-order valence-electron chi connectivity index (χ2n) is 2.51. The Hall–Kier alpha value is -1.02. The molecule has 1 N–H and O–H groups in total. The molecule has 0 bridgehead atoms. The fraction of sp³-hybridized carbons (Fsp3) is 0.222. The second-order valence-corrected chi connectivity index (χ2v) is 2.95. The Bertz CT molecular complexity index is 271. The highest BCUT2D eigenvalue weighted by molar-refractivity contribution is 6.31. The lowest BCUT2D eigenvalue weighted by atomic mass is 10.1. The van der Waals surface area contributed by atoms with Crippen molar-refractivity contribution in [2.75, 3.05) is 0 Å². The normalized spacial score (nSPS) is 14.3. The standard InChI is InChI=1S/C9H10ClNO/c1-7(11-12)9(10)8-5-3-2-4-6-8/h2-6,9,12H,1H3. The summed E-state index contributed by atoms with van der Waals surface area (Å²) in [6, 6.07) is 9.50. The Labute approximate surface area is 76.5 Å². The van der Waals surface area contributed by atoms with E-state index in [1.807, 2.05) is 30.3 Å². The molecule has 1 aromatic carbocycles. The van der Waals surface area contributed by atoms with Gasteiger partial charge in [0, 0.05) is 0 Å². The van der Waals surface area contributed by atoms with Crippen molar-refractivity contribution in [2.24, 2.45) is 5.16 Å². The Balaban J connectivity index is 2.86. The van der Waals surface area contributed by atoms with Crippen molar-refractivity contribution < 1.29 is 5.21 Å². The maximum atomic E-state index is 8.47. The molecule has 0 heterocycles. The zero-order valence-electron chi connectivity index (χ0n) is 6.74. The number of benzene rings is 1. The molecule has 0 saturated heterocycles. The van der Waals surface area contributed by atoms with Gasteiger partial charge in [-0.25, -0.2) is 0 Å². The summed E-state index contributed by atoms with van der Waals surface area (Å²) in [5.41, 5.74) is 1.44. The molecule has 2 nitrogen and oxygen atoms in total. The molecule has 3 heteroatoms. The third-order valence-corrected chi connectivity index (χ3v) is 2.18. The van der Waals surface area contributed by atoms with Gasteiger partial charge >= 0.3 is 0 Å². The molecule has 0 amide bonds. The van der Waals surface area contributed by atoms with E-state index in [9.17, 15) is 0 Å². The number of halogens is 1. The predicted octanol–water partition coefficient (Wildman–Crippen LogP) is 2.82. The number of hydrogen-bond acceptors (Lipinski definition) is 2. The molecule has 0 fully saturated rings. The van der Waals surface area contributed by atoms with E-state index in [-0.39, 0.29) is 5.38 Å². The molecule has 0 aliphatic rings. The van der Waals surface area contributed by atoms with Crippen LogP contribution in [0.3, 0.4) is 0 Å². The summed E-state index contributed by atoms with van der Waals surface area (Å²) in [4.78, 5) is 0. The van der Waals surface area contributed by atoms with Crippen LogP contribution in [0.15, 0.2) is 35.5 Å². The van der Waals surface area contributed by atoms with Gasteiger partial charge in [-0.15, -0.1) is 11.6 Å². The van der Waals surface area contributed by atoms with E-state index in [0.717, 1.165) is 5.56 Å². The van der Waals surface area contributed by atoms with Crippen LogP contribution < -0.4 is 0 Å². The minimum atomic E-state index is -0.337. The number of alkyl halides is 1. The first-order valence-corrected chi connectivity index (χ1v) is 4.07. The topological polar surface area (TPSA) is 32.6 Å². The van der Waals surface area contributed by atoms with Crippen LogP contribution in [0.1, 0.15) is 17.9 Å². The zero-order chi connectivity index (χ0) is 8.97. The van der Waals surface area contributed by atoms with Crippen molar-refractivity contribution >= 4 is 17.3 Å². The highest BCUT2D eigenvalue weighted by Crippen LogP contribution is 2.21. The summed E-state index contributed by atoms with van der Waals surface area (Å²) in [5, 5.41) is 11.2. The lowest BCUT2D eigenvalue weighted by molar-refractivity contribution is 0.317. The highest BCUT2D eigenvalue weighted by atomic mass is 35.5. The van der Waals surface area contributed by atoms with E-state index in [1.54, 1.807) is 6.92 Å². The van der Waals surface area contributed by atoms with Gasteiger partial charge in [0.25, 0.3) is 0 Å². The Morgan fingerprint density at radius 3 is 2.50 bits per heavy atom. The van der Waals surface area contributed by atoms with Crippen LogP contribution in [-0.4, -0.2) is 10.9 Å². The molecular formula is C9H10ClNO.